The molecule has 4 rings (SSSR count). The quantitative estimate of drug-likeness (QED) is 0.471. The van der Waals surface area contributed by atoms with Gasteiger partial charge in [0.1, 0.15) is 18.1 Å². The van der Waals surface area contributed by atoms with Gasteiger partial charge in [0.25, 0.3) is 5.91 Å². The summed E-state index contributed by atoms with van der Waals surface area (Å²) in [7, 11) is 0. The molecule has 0 unspecified atom stereocenters. The number of nitrogens with zero attached hydrogens (tertiary/aromatic N) is 4. The maximum Gasteiger partial charge on any atom is 0.257 e. The number of anilines is 1. The second kappa shape index (κ2) is 8.50. The molecule has 1 amide bonds. The molecule has 3 aromatic heterocycles. The Hall–Kier alpha value is -3.46. The van der Waals surface area contributed by atoms with E-state index >= 15 is 0 Å². The van der Waals surface area contributed by atoms with Crippen molar-refractivity contribution < 1.29 is 14.1 Å². The molecular weight excluding hydrogens is 402 g/mol. The molecule has 0 atom stereocenters. The fourth-order valence-electron chi connectivity index (χ4n) is 2.87. The number of nitrogens with one attached hydrogen (secondary N) is 1. The van der Waals surface area contributed by atoms with Crippen molar-refractivity contribution in [3.63, 3.8) is 0 Å². The van der Waals surface area contributed by atoms with Crippen molar-refractivity contribution >= 4 is 22.4 Å². The molecule has 30 heavy (non-hydrogen) atoms. The van der Waals surface area contributed by atoms with E-state index in [1.807, 2.05) is 37.0 Å². The maximum absolute atomic E-state index is 12.5. The minimum atomic E-state index is -0.225. The van der Waals surface area contributed by atoms with Gasteiger partial charge in [0, 0.05) is 29.2 Å². The number of aromatic nitrogens is 4. The minimum absolute atomic E-state index is 0.225. The highest BCUT2D eigenvalue weighted by Crippen LogP contribution is 2.25. The van der Waals surface area contributed by atoms with E-state index in [1.165, 1.54) is 11.3 Å². The van der Waals surface area contributed by atoms with E-state index in [0.29, 0.717) is 23.1 Å². The van der Waals surface area contributed by atoms with E-state index in [4.69, 9.17) is 9.26 Å². The van der Waals surface area contributed by atoms with Gasteiger partial charge in [-0.1, -0.05) is 5.16 Å². The number of aryl methyl sites for hydroxylation is 3. The molecule has 9 heteroatoms. The Kier molecular flexibility index (Phi) is 5.62. The summed E-state index contributed by atoms with van der Waals surface area (Å²) in [5.74, 6) is 1.18. The number of hydrogen-bond donors (Lipinski definition) is 1. The molecule has 0 saturated carbocycles. The summed E-state index contributed by atoms with van der Waals surface area (Å²) in [6.07, 6.45) is 3.70. The molecule has 1 aromatic carbocycles. The van der Waals surface area contributed by atoms with Crippen LogP contribution in [0, 0.1) is 13.8 Å². The van der Waals surface area contributed by atoms with Crippen LogP contribution in [0.4, 0.5) is 5.13 Å². The van der Waals surface area contributed by atoms with Gasteiger partial charge in [0.05, 0.1) is 23.1 Å². The average Bonchev–Trinajstić information content (AvgIpc) is 3.48. The van der Waals surface area contributed by atoms with E-state index in [0.717, 1.165) is 34.8 Å². The predicted molar refractivity (Wildman–Crippen MR) is 114 cm³/mol. The van der Waals surface area contributed by atoms with Gasteiger partial charge < -0.3 is 9.26 Å². The van der Waals surface area contributed by atoms with Gasteiger partial charge in [-0.05, 0) is 45.0 Å². The summed E-state index contributed by atoms with van der Waals surface area (Å²) in [5, 5.41) is 13.4. The second-order valence-corrected chi connectivity index (χ2v) is 7.55. The zero-order valence-electron chi connectivity index (χ0n) is 16.9. The molecule has 1 N–H and O–H groups in total. The number of benzene rings is 1. The molecule has 0 aliphatic heterocycles. The Morgan fingerprint density at radius 2 is 2.07 bits per heavy atom. The van der Waals surface area contributed by atoms with Crippen LogP contribution in [0.15, 0.2) is 46.6 Å². The molecule has 0 aliphatic carbocycles. The van der Waals surface area contributed by atoms with Crippen LogP contribution in [-0.2, 0) is 13.2 Å². The monoisotopic (exact) mass is 423 g/mol. The van der Waals surface area contributed by atoms with E-state index in [9.17, 15) is 4.79 Å². The van der Waals surface area contributed by atoms with Crippen LogP contribution in [0.3, 0.4) is 0 Å². The van der Waals surface area contributed by atoms with E-state index in [-0.39, 0.29) is 5.91 Å². The Morgan fingerprint density at radius 1 is 1.27 bits per heavy atom. The molecule has 154 valence electrons. The average molecular weight is 423 g/mol. The highest BCUT2D eigenvalue weighted by Gasteiger charge is 2.12. The second-order valence-electron chi connectivity index (χ2n) is 6.69. The normalized spacial score (nSPS) is 10.9. The lowest BCUT2D eigenvalue weighted by Gasteiger charge is -2.07. The van der Waals surface area contributed by atoms with Crippen molar-refractivity contribution in [3.8, 4) is 17.0 Å². The zero-order chi connectivity index (χ0) is 21.1. The van der Waals surface area contributed by atoms with Crippen LogP contribution < -0.4 is 10.1 Å². The number of rotatable bonds is 7. The van der Waals surface area contributed by atoms with Crippen molar-refractivity contribution in [2.24, 2.45) is 0 Å². The van der Waals surface area contributed by atoms with E-state index < -0.39 is 0 Å². The molecule has 0 bridgehead atoms. The third-order valence-corrected chi connectivity index (χ3v) is 5.42. The van der Waals surface area contributed by atoms with Crippen LogP contribution in [0.1, 0.15) is 34.3 Å². The van der Waals surface area contributed by atoms with Crippen LogP contribution in [0.25, 0.3) is 11.3 Å². The van der Waals surface area contributed by atoms with Gasteiger partial charge in [-0.15, -0.1) is 11.3 Å². The maximum atomic E-state index is 12.5. The largest absolute Gasteiger partial charge is 0.489 e. The molecule has 8 nitrogen and oxygen atoms in total. The van der Waals surface area contributed by atoms with Crippen LogP contribution >= 0.6 is 11.3 Å². The number of thiazole rings is 1. The first kappa shape index (κ1) is 19.8. The summed E-state index contributed by atoms with van der Waals surface area (Å²) in [5.41, 5.74) is 3.98. The van der Waals surface area contributed by atoms with E-state index in [2.05, 4.69) is 20.6 Å². The van der Waals surface area contributed by atoms with Crippen molar-refractivity contribution in [2.45, 2.75) is 33.9 Å². The molecule has 3 heterocycles. The van der Waals surface area contributed by atoms with Crippen molar-refractivity contribution in [1.82, 2.24) is 19.9 Å². The summed E-state index contributed by atoms with van der Waals surface area (Å²) in [6.45, 7) is 6.92. The van der Waals surface area contributed by atoms with Crippen molar-refractivity contribution in [3.05, 3.63) is 64.6 Å². The highest BCUT2D eigenvalue weighted by atomic mass is 32.1. The van der Waals surface area contributed by atoms with Crippen molar-refractivity contribution in [1.29, 1.82) is 0 Å². The Morgan fingerprint density at radius 3 is 2.73 bits per heavy atom. The summed E-state index contributed by atoms with van der Waals surface area (Å²) in [6, 6.07) is 6.97. The van der Waals surface area contributed by atoms with Crippen LogP contribution in [0.5, 0.6) is 5.75 Å². The Bertz CT molecular complexity index is 1140. The third-order valence-electron chi connectivity index (χ3n) is 4.66. The molecular formula is C21H21N5O3S. The molecule has 0 radical (unpaired) electrons. The van der Waals surface area contributed by atoms with Gasteiger partial charge in [-0.25, -0.2) is 4.98 Å². The number of hydrogen-bond acceptors (Lipinski definition) is 7. The fraction of sp³-hybridized carbons (Fsp3) is 0.238. The molecule has 0 aliphatic rings. The van der Waals surface area contributed by atoms with Gasteiger partial charge in [-0.2, -0.15) is 5.10 Å². The lowest BCUT2D eigenvalue weighted by molar-refractivity contribution is 0.102. The summed E-state index contributed by atoms with van der Waals surface area (Å²) in [4.78, 5) is 17.0. The minimum Gasteiger partial charge on any atom is -0.489 e. The standard InChI is InChI=1S/C21H21N5O3S/c1-4-26-10-16(9-22-26)19-12-30-21(23-19)24-20(27)15-5-7-17(8-6-15)28-11-18-13(2)25-29-14(18)3/h5-10,12H,4,11H2,1-3H3,(H,23,24,27). The molecule has 4 aromatic rings. The Balaban J connectivity index is 1.37. The van der Waals surface area contributed by atoms with E-state index in [1.54, 1.807) is 30.5 Å². The Labute approximate surface area is 177 Å². The number of ether oxygens (including phenoxy) is 1. The lowest BCUT2D eigenvalue weighted by Crippen LogP contribution is -2.11. The fourth-order valence-corrected chi connectivity index (χ4v) is 3.58. The molecule has 0 spiro atoms. The highest BCUT2D eigenvalue weighted by molar-refractivity contribution is 7.14. The number of amides is 1. The van der Waals surface area contributed by atoms with Gasteiger partial charge in [0.15, 0.2) is 5.13 Å². The van der Waals surface area contributed by atoms with Gasteiger partial charge >= 0.3 is 0 Å². The SMILES string of the molecule is CCn1cc(-c2csc(NC(=O)c3ccc(OCc4c(C)noc4C)cc3)n2)cn1. The predicted octanol–water partition coefficient (Wildman–Crippen LogP) is 4.46. The first-order valence-corrected chi connectivity index (χ1v) is 10.4. The lowest BCUT2D eigenvalue weighted by atomic mass is 10.2. The summed E-state index contributed by atoms with van der Waals surface area (Å²) < 4.78 is 12.7. The smallest absolute Gasteiger partial charge is 0.257 e. The zero-order valence-corrected chi connectivity index (χ0v) is 17.7. The van der Waals surface area contributed by atoms with Gasteiger partial charge in [-0.3, -0.25) is 14.8 Å². The first-order chi connectivity index (χ1) is 14.5. The number of carbonyl (C=O) groups is 1. The molecule has 0 saturated heterocycles. The molecule has 0 fully saturated rings. The first-order valence-electron chi connectivity index (χ1n) is 9.47. The third kappa shape index (κ3) is 4.25. The van der Waals surface area contributed by atoms with Crippen molar-refractivity contribution in [2.75, 3.05) is 5.32 Å². The topological polar surface area (TPSA) is 95.1 Å². The van der Waals surface area contributed by atoms with Crippen LogP contribution in [0.2, 0.25) is 0 Å². The summed E-state index contributed by atoms with van der Waals surface area (Å²) >= 11 is 1.38. The number of carbonyl (C=O) groups excluding carboxylic acids is 1. The van der Waals surface area contributed by atoms with Gasteiger partial charge in [0.2, 0.25) is 0 Å². The van der Waals surface area contributed by atoms with Crippen LogP contribution in [-0.4, -0.2) is 25.8 Å².